The van der Waals surface area contributed by atoms with Crippen molar-refractivity contribution in [3.05, 3.63) is 23.9 Å². The molecule has 0 aliphatic carbocycles. The SMILES string of the molecule is CC(C)(C)OC(=O)N[C@@H]1CCN(c2ccc(C(=O)O)cn2)C1. The molecule has 0 bridgehead atoms. The minimum absolute atomic E-state index is 0.00389. The molecular weight excluding hydrogens is 286 g/mol. The van der Waals surface area contributed by atoms with Crippen LogP contribution in [0.2, 0.25) is 0 Å². The third kappa shape index (κ3) is 4.34. The summed E-state index contributed by atoms with van der Waals surface area (Å²) < 4.78 is 5.23. The Hall–Kier alpha value is -2.31. The maximum absolute atomic E-state index is 11.7. The van der Waals surface area contributed by atoms with E-state index in [-0.39, 0.29) is 11.6 Å². The van der Waals surface area contributed by atoms with Crippen molar-refractivity contribution >= 4 is 17.9 Å². The molecule has 0 spiro atoms. The largest absolute Gasteiger partial charge is 0.478 e. The van der Waals surface area contributed by atoms with Crippen LogP contribution in [0.5, 0.6) is 0 Å². The molecule has 1 aromatic rings. The predicted molar refractivity (Wildman–Crippen MR) is 81.2 cm³/mol. The second-order valence-corrected chi connectivity index (χ2v) is 6.29. The summed E-state index contributed by atoms with van der Waals surface area (Å²) in [6.07, 6.45) is 1.71. The number of hydrogen-bond acceptors (Lipinski definition) is 5. The van der Waals surface area contributed by atoms with Gasteiger partial charge in [-0.05, 0) is 39.3 Å². The highest BCUT2D eigenvalue weighted by molar-refractivity contribution is 5.87. The van der Waals surface area contributed by atoms with E-state index in [0.717, 1.165) is 13.0 Å². The van der Waals surface area contributed by atoms with E-state index < -0.39 is 17.7 Å². The topological polar surface area (TPSA) is 91.8 Å². The number of hydrogen-bond donors (Lipinski definition) is 2. The molecule has 1 atom stereocenters. The molecule has 1 aromatic heterocycles. The molecule has 0 unspecified atom stereocenters. The predicted octanol–water partition coefficient (Wildman–Crippen LogP) is 1.88. The van der Waals surface area contributed by atoms with E-state index in [2.05, 4.69) is 10.3 Å². The van der Waals surface area contributed by atoms with Crippen molar-refractivity contribution in [1.29, 1.82) is 0 Å². The molecule has 2 rings (SSSR count). The van der Waals surface area contributed by atoms with Gasteiger partial charge in [0.25, 0.3) is 0 Å². The lowest BCUT2D eigenvalue weighted by Crippen LogP contribution is -2.40. The summed E-state index contributed by atoms with van der Waals surface area (Å²) in [4.78, 5) is 28.7. The molecule has 0 saturated carbocycles. The lowest BCUT2D eigenvalue weighted by atomic mass is 10.2. The van der Waals surface area contributed by atoms with Crippen LogP contribution in [0.25, 0.3) is 0 Å². The van der Waals surface area contributed by atoms with Crippen LogP contribution in [0, 0.1) is 0 Å². The molecule has 22 heavy (non-hydrogen) atoms. The minimum Gasteiger partial charge on any atom is -0.478 e. The van der Waals surface area contributed by atoms with Gasteiger partial charge < -0.3 is 20.1 Å². The maximum atomic E-state index is 11.7. The number of pyridine rings is 1. The van der Waals surface area contributed by atoms with E-state index in [9.17, 15) is 9.59 Å². The van der Waals surface area contributed by atoms with Gasteiger partial charge in [-0.1, -0.05) is 0 Å². The number of rotatable bonds is 3. The molecule has 1 amide bonds. The van der Waals surface area contributed by atoms with Crippen LogP contribution in [0.3, 0.4) is 0 Å². The van der Waals surface area contributed by atoms with E-state index in [0.29, 0.717) is 12.4 Å². The average Bonchev–Trinajstić information content (AvgIpc) is 2.85. The Morgan fingerprint density at radius 2 is 2.14 bits per heavy atom. The number of carboxylic acids is 1. The number of anilines is 1. The number of carbonyl (C=O) groups is 2. The van der Waals surface area contributed by atoms with Crippen LogP contribution in [0.15, 0.2) is 18.3 Å². The second-order valence-electron chi connectivity index (χ2n) is 6.29. The molecule has 0 aromatic carbocycles. The smallest absolute Gasteiger partial charge is 0.407 e. The number of ether oxygens (including phenoxy) is 1. The summed E-state index contributed by atoms with van der Waals surface area (Å²) in [7, 11) is 0. The summed E-state index contributed by atoms with van der Waals surface area (Å²) in [5, 5.41) is 11.7. The highest BCUT2D eigenvalue weighted by Gasteiger charge is 2.26. The molecule has 2 heterocycles. The van der Waals surface area contributed by atoms with Crippen LogP contribution in [0.1, 0.15) is 37.6 Å². The van der Waals surface area contributed by atoms with Crippen LogP contribution in [-0.4, -0.2) is 46.9 Å². The molecule has 1 fully saturated rings. The van der Waals surface area contributed by atoms with Gasteiger partial charge in [0.2, 0.25) is 0 Å². The highest BCUT2D eigenvalue weighted by Crippen LogP contribution is 2.18. The standard InChI is InChI=1S/C15H21N3O4/c1-15(2,3)22-14(21)17-11-6-7-18(9-11)12-5-4-10(8-16-12)13(19)20/h4-5,8,11H,6-7,9H2,1-3H3,(H,17,21)(H,19,20)/t11-/m1/s1. The lowest BCUT2D eigenvalue weighted by molar-refractivity contribution is 0.0508. The van der Waals surface area contributed by atoms with Crippen molar-refractivity contribution in [3.63, 3.8) is 0 Å². The fourth-order valence-electron chi connectivity index (χ4n) is 2.26. The van der Waals surface area contributed by atoms with Gasteiger partial charge in [-0.3, -0.25) is 0 Å². The van der Waals surface area contributed by atoms with Gasteiger partial charge in [0, 0.05) is 19.3 Å². The third-order valence-corrected chi connectivity index (χ3v) is 3.23. The van der Waals surface area contributed by atoms with Gasteiger partial charge >= 0.3 is 12.1 Å². The number of carbonyl (C=O) groups excluding carboxylic acids is 1. The number of nitrogens with one attached hydrogen (secondary N) is 1. The van der Waals surface area contributed by atoms with Crippen LogP contribution >= 0.6 is 0 Å². The van der Waals surface area contributed by atoms with Crippen molar-refractivity contribution < 1.29 is 19.4 Å². The molecule has 1 aliphatic heterocycles. The van der Waals surface area contributed by atoms with E-state index in [1.807, 2.05) is 25.7 Å². The van der Waals surface area contributed by atoms with E-state index in [4.69, 9.17) is 9.84 Å². The molecule has 1 saturated heterocycles. The van der Waals surface area contributed by atoms with E-state index >= 15 is 0 Å². The average molecular weight is 307 g/mol. The molecule has 120 valence electrons. The summed E-state index contributed by atoms with van der Waals surface area (Å²) in [5.74, 6) is -0.288. The zero-order chi connectivity index (χ0) is 16.3. The van der Waals surface area contributed by atoms with E-state index in [1.165, 1.54) is 12.3 Å². The Morgan fingerprint density at radius 3 is 2.68 bits per heavy atom. The van der Waals surface area contributed by atoms with Gasteiger partial charge in [-0.15, -0.1) is 0 Å². The Balaban J connectivity index is 1.89. The number of aromatic nitrogens is 1. The molecule has 0 radical (unpaired) electrons. The van der Waals surface area contributed by atoms with Gasteiger partial charge in [0.05, 0.1) is 11.6 Å². The third-order valence-electron chi connectivity index (χ3n) is 3.23. The summed E-state index contributed by atoms with van der Waals surface area (Å²) in [6.45, 7) is 6.84. The molecule has 2 N–H and O–H groups in total. The van der Waals surface area contributed by atoms with Gasteiger partial charge in [-0.25, -0.2) is 14.6 Å². The fraction of sp³-hybridized carbons (Fsp3) is 0.533. The first-order valence-corrected chi connectivity index (χ1v) is 7.18. The molecule has 7 nitrogen and oxygen atoms in total. The minimum atomic E-state index is -0.995. The Kier molecular flexibility index (Phi) is 4.54. The van der Waals surface area contributed by atoms with E-state index in [1.54, 1.807) is 6.07 Å². The van der Waals surface area contributed by atoms with Crippen LogP contribution < -0.4 is 10.2 Å². The van der Waals surface area contributed by atoms with Crippen molar-refractivity contribution in [3.8, 4) is 0 Å². The van der Waals surface area contributed by atoms with Gasteiger partial charge in [-0.2, -0.15) is 0 Å². The zero-order valence-electron chi connectivity index (χ0n) is 13.0. The zero-order valence-corrected chi connectivity index (χ0v) is 13.0. The summed E-state index contributed by atoms with van der Waals surface area (Å²) in [5.41, 5.74) is -0.359. The summed E-state index contributed by atoms with van der Waals surface area (Å²) in [6, 6.07) is 3.20. The van der Waals surface area contributed by atoms with Crippen molar-refractivity contribution in [2.24, 2.45) is 0 Å². The number of aromatic carboxylic acids is 1. The highest BCUT2D eigenvalue weighted by atomic mass is 16.6. The van der Waals surface area contributed by atoms with Crippen molar-refractivity contribution in [2.45, 2.75) is 38.8 Å². The molecule has 1 aliphatic rings. The van der Waals surface area contributed by atoms with Crippen molar-refractivity contribution in [2.75, 3.05) is 18.0 Å². The van der Waals surface area contributed by atoms with Crippen LogP contribution in [-0.2, 0) is 4.74 Å². The van der Waals surface area contributed by atoms with Crippen LogP contribution in [0.4, 0.5) is 10.6 Å². The Bertz CT molecular complexity index is 551. The van der Waals surface area contributed by atoms with Gasteiger partial charge in [0.1, 0.15) is 11.4 Å². The first-order valence-electron chi connectivity index (χ1n) is 7.18. The molecule has 7 heteroatoms. The fourth-order valence-corrected chi connectivity index (χ4v) is 2.26. The summed E-state index contributed by atoms with van der Waals surface area (Å²) >= 11 is 0. The monoisotopic (exact) mass is 307 g/mol. The number of alkyl carbamates (subject to hydrolysis) is 1. The normalized spacial score (nSPS) is 18.1. The number of amides is 1. The second kappa shape index (κ2) is 6.21. The first-order chi connectivity index (χ1) is 10.2. The van der Waals surface area contributed by atoms with Gasteiger partial charge in [0.15, 0.2) is 0 Å². The quantitative estimate of drug-likeness (QED) is 0.886. The maximum Gasteiger partial charge on any atom is 0.407 e. The number of carboxylic acid groups (broad SMARTS) is 1. The number of nitrogens with zero attached hydrogens (tertiary/aromatic N) is 2. The Morgan fingerprint density at radius 1 is 1.41 bits per heavy atom. The Labute approximate surface area is 129 Å². The lowest BCUT2D eigenvalue weighted by Gasteiger charge is -2.22. The van der Waals surface area contributed by atoms with Crippen molar-refractivity contribution in [1.82, 2.24) is 10.3 Å². The molecular formula is C15H21N3O4. The first kappa shape index (κ1) is 16.1.